The molecule has 0 bridgehead atoms. The first-order valence-corrected chi connectivity index (χ1v) is 5.35. The van der Waals surface area contributed by atoms with E-state index in [0.717, 1.165) is 24.2 Å². The zero-order chi connectivity index (χ0) is 11.1. The van der Waals surface area contributed by atoms with Gasteiger partial charge in [0.25, 0.3) is 0 Å². The Kier molecular flexibility index (Phi) is 8.08. The van der Waals surface area contributed by atoms with Gasteiger partial charge in [-0.25, -0.2) is 0 Å². The topological polar surface area (TPSA) is 35.2 Å². The van der Waals surface area contributed by atoms with Crippen molar-refractivity contribution < 1.29 is 4.74 Å². The van der Waals surface area contributed by atoms with E-state index in [1.807, 2.05) is 12.1 Å². The molecule has 2 nitrogen and oxygen atoms in total. The minimum Gasteiger partial charge on any atom is -0.497 e. The van der Waals surface area contributed by atoms with Crippen molar-refractivity contribution in [2.24, 2.45) is 5.73 Å². The monoisotopic (exact) mass is 261 g/mol. The number of nitrogens with two attached hydrogens (primary N) is 1. The summed E-state index contributed by atoms with van der Waals surface area (Å²) < 4.78 is 5.08. The smallest absolute Gasteiger partial charge is 0.118 e. The van der Waals surface area contributed by atoms with Crippen LogP contribution in [-0.4, -0.2) is 13.7 Å². The maximum atomic E-state index is 5.62. The summed E-state index contributed by atoms with van der Waals surface area (Å²) >= 11 is 5.62. The molecule has 0 radical (unpaired) electrons. The second-order valence-corrected chi connectivity index (χ2v) is 3.54. The van der Waals surface area contributed by atoms with Gasteiger partial charge in [0.2, 0.25) is 0 Å². The largest absolute Gasteiger partial charge is 0.497 e. The van der Waals surface area contributed by atoms with Crippen molar-refractivity contribution in [1.82, 2.24) is 0 Å². The Morgan fingerprint density at radius 1 is 1.38 bits per heavy atom. The van der Waals surface area contributed by atoms with Crippen LogP contribution in [0.2, 0.25) is 0 Å². The van der Waals surface area contributed by atoms with E-state index in [0.29, 0.717) is 6.54 Å². The van der Waals surface area contributed by atoms with E-state index in [9.17, 15) is 0 Å². The lowest BCUT2D eigenvalue weighted by molar-refractivity contribution is 0.414. The highest BCUT2D eigenvalue weighted by Gasteiger charge is 1.97. The lowest BCUT2D eigenvalue weighted by atomic mass is 10.1. The summed E-state index contributed by atoms with van der Waals surface area (Å²) in [6, 6.07) is 8.03. The van der Waals surface area contributed by atoms with Crippen molar-refractivity contribution in [3.05, 3.63) is 40.9 Å². The molecule has 0 saturated carbocycles. The zero-order valence-corrected chi connectivity index (χ0v) is 10.9. The highest BCUT2D eigenvalue weighted by atomic mass is 35.5. The number of benzene rings is 1. The number of hydrogen-bond acceptors (Lipinski definition) is 2. The normalized spacial score (nSPS) is 10.8. The van der Waals surface area contributed by atoms with Crippen LogP contribution in [0.3, 0.4) is 0 Å². The average Bonchev–Trinajstić information content (AvgIpc) is 2.31. The molecule has 0 amide bonds. The molecule has 0 spiro atoms. The molecule has 2 N–H and O–H groups in total. The Morgan fingerprint density at radius 2 is 2.00 bits per heavy atom. The molecule has 4 heteroatoms. The standard InChI is InChI=1S/C12H16ClNO.ClH/c1-15-12-6-4-10(5-7-12)2-3-11(8-13)9-14;/h4-8H,2-3,9,14H2,1H3;1H/b11-8+;. The van der Waals surface area contributed by atoms with E-state index in [2.05, 4.69) is 12.1 Å². The summed E-state index contributed by atoms with van der Waals surface area (Å²) in [4.78, 5) is 0. The van der Waals surface area contributed by atoms with E-state index in [1.54, 1.807) is 12.6 Å². The van der Waals surface area contributed by atoms with Gasteiger partial charge in [0.15, 0.2) is 0 Å². The molecule has 1 aromatic rings. The van der Waals surface area contributed by atoms with E-state index in [-0.39, 0.29) is 12.4 Å². The molecular formula is C12H17Cl2NO. The van der Waals surface area contributed by atoms with Crippen LogP contribution in [0.15, 0.2) is 35.4 Å². The third-order valence-electron chi connectivity index (χ3n) is 2.31. The first-order valence-electron chi connectivity index (χ1n) is 4.91. The van der Waals surface area contributed by atoms with Gasteiger partial charge in [0.05, 0.1) is 7.11 Å². The molecular weight excluding hydrogens is 245 g/mol. The molecule has 0 fully saturated rings. The van der Waals surface area contributed by atoms with Gasteiger partial charge in [-0.3, -0.25) is 0 Å². The van der Waals surface area contributed by atoms with Crippen molar-refractivity contribution in [3.8, 4) is 5.75 Å². The van der Waals surface area contributed by atoms with Crippen LogP contribution in [0.5, 0.6) is 5.75 Å². The number of methoxy groups -OCH3 is 1. The molecule has 0 aliphatic heterocycles. The number of aryl methyl sites for hydroxylation is 1. The molecule has 0 aliphatic rings. The molecule has 16 heavy (non-hydrogen) atoms. The second kappa shape index (κ2) is 8.45. The average molecular weight is 262 g/mol. The van der Waals surface area contributed by atoms with E-state index in [4.69, 9.17) is 22.1 Å². The van der Waals surface area contributed by atoms with Crippen molar-refractivity contribution in [2.75, 3.05) is 13.7 Å². The van der Waals surface area contributed by atoms with Crippen molar-refractivity contribution in [2.45, 2.75) is 12.8 Å². The Hall–Kier alpha value is -0.700. The van der Waals surface area contributed by atoms with Crippen molar-refractivity contribution >= 4 is 24.0 Å². The summed E-state index contributed by atoms with van der Waals surface area (Å²) in [7, 11) is 1.66. The van der Waals surface area contributed by atoms with Gasteiger partial charge in [0.1, 0.15) is 5.75 Å². The Labute approximate surface area is 108 Å². The van der Waals surface area contributed by atoms with E-state index >= 15 is 0 Å². The first-order chi connectivity index (χ1) is 7.30. The van der Waals surface area contributed by atoms with Crippen LogP contribution >= 0.6 is 24.0 Å². The fourth-order valence-corrected chi connectivity index (χ4v) is 1.50. The van der Waals surface area contributed by atoms with Gasteiger partial charge in [-0.05, 0) is 36.1 Å². The lowest BCUT2D eigenvalue weighted by Gasteiger charge is -2.04. The van der Waals surface area contributed by atoms with Gasteiger partial charge < -0.3 is 10.5 Å². The Bertz CT molecular complexity index is 322. The molecule has 0 atom stereocenters. The van der Waals surface area contributed by atoms with Gasteiger partial charge in [-0.2, -0.15) is 0 Å². The van der Waals surface area contributed by atoms with E-state index in [1.165, 1.54) is 5.56 Å². The molecule has 0 aromatic heterocycles. The minimum atomic E-state index is 0. The molecule has 0 unspecified atom stereocenters. The first kappa shape index (κ1) is 15.3. The maximum absolute atomic E-state index is 5.62. The van der Waals surface area contributed by atoms with Crippen LogP contribution in [0.4, 0.5) is 0 Å². The van der Waals surface area contributed by atoms with Crippen molar-refractivity contribution in [1.29, 1.82) is 0 Å². The summed E-state index contributed by atoms with van der Waals surface area (Å²) in [6.07, 6.45) is 1.87. The van der Waals surface area contributed by atoms with Crippen LogP contribution in [0, 0.1) is 0 Å². The van der Waals surface area contributed by atoms with Crippen LogP contribution in [0.1, 0.15) is 12.0 Å². The SMILES string of the molecule is COc1ccc(CC/C(=C\Cl)CN)cc1.Cl. The number of hydrogen-bond donors (Lipinski definition) is 1. The second-order valence-electron chi connectivity index (χ2n) is 3.32. The summed E-state index contributed by atoms with van der Waals surface area (Å²) in [5.41, 5.74) is 9.43. The number of halogens is 2. The Balaban J connectivity index is 0.00000225. The predicted molar refractivity (Wildman–Crippen MR) is 71.6 cm³/mol. The molecule has 1 aromatic carbocycles. The number of ether oxygens (including phenoxy) is 1. The molecule has 90 valence electrons. The third-order valence-corrected chi connectivity index (χ3v) is 2.62. The van der Waals surface area contributed by atoms with Gasteiger partial charge in [-0.1, -0.05) is 23.7 Å². The lowest BCUT2D eigenvalue weighted by Crippen LogP contribution is -2.03. The summed E-state index contributed by atoms with van der Waals surface area (Å²) in [5, 5.41) is 0. The fourth-order valence-electron chi connectivity index (χ4n) is 1.30. The summed E-state index contributed by atoms with van der Waals surface area (Å²) in [6.45, 7) is 0.527. The van der Waals surface area contributed by atoms with Crippen LogP contribution in [0.25, 0.3) is 0 Å². The Morgan fingerprint density at radius 3 is 2.44 bits per heavy atom. The highest BCUT2D eigenvalue weighted by Crippen LogP contribution is 2.14. The predicted octanol–water partition coefficient (Wildman–Crippen LogP) is 3.13. The van der Waals surface area contributed by atoms with Gasteiger partial charge in [0, 0.05) is 12.1 Å². The molecule has 0 saturated heterocycles. The molecule has 0 heterocycles. The maximum Gasteiger partial charge on any atom is 0.118 e. The molecule has 1 rings (SSSR count). The van der Waals surface area contributed by atoms with Gasteiger partial charge in [-0.15, -0.1) is 12.4 Å². The highest BCUT2D eigenvalue weighted by molar-refractivity contribution is 6.25. The zero-order valence-electron chi connectivity index (χ0n) is 9.28. The van der Waals surface area contributed by atoms with Crippen molar-refractivity contribution in [3.63, 3.8) is 0 Å². The quantitative estimate of drug-likeness (QED) is 0.884. The fraction of sp³-hybridized carbons (Fsp3) is 0.333. The van der Waals surface area contributed by atoms with Crippen LogP contribution in [-0.2, 0) is 6.42 Å². The minimum absolute atomic E-state index is 0. The summed E-state index contributed by atoms with van der Waals surface area (Å²) in [5.74, 6) is 0.880. The van der Waals surface area contributed by atoms with Gasteiger partial charge >= 0.3 is 0 Å². The van der Waals surface area contributed by atoms with E-state index < -0.39 is 0 Å². The molecule has 0 aliphatic carbocycles. The third kappa shape index (κ3) is 4.88. The van der Waals surface area contributed by atoms with Crippen LogP contribution < -0.4 is 10.5 Å². The number of rotatable bonds is 5.